The number of nitrogens with one attached hydrogen (secondary N) is 1. The van der Waals surface area contributed by atoms with Crippen molar-refractivity contribution in [1.82, 2.24) is 5.32 Å². The molecule has 0 bridgehead atoms. The van der Waals surface area contributed by atoms with Crippen molar-refractivity contribution in [2.24, 2.45) is 0 Å². The van der Waals surface area contributed by atoms with Crippen LogP contribution in [0.3, 0.4) is 0 Å². The van der Waals surface area contributed by atoms with Crippen LogP contribution in [0.25, 0.3) is 0 Å². The van der Waals surface area contributed by atoms with E-state index < -0.39 is 67.4 Å². The van der Waals surface area contributed by atoms with Gasteiger partial charge in [-0.05, 0) is 70.6 Å². The summed E-state index contributed by atoms with van der Waals surface area (Å²) in [6.07, 6.45) is 46.3. The molecule has 1 saturated heterocycles. The van der Waals surface area contributed by atoms with Crippen molar-refractivity contribution in [1.29, 1.82) is 0 Å². The molecule has 8 unspecified atom stereocenters. The molecule has 416 valence electrons. The molecule has 0 radical (unpaired) electrons. The fourth-order valence-electron chi connectivity index (χ4n) is 9.22. The molecule has 71 heavy (non-hydrogen) atoms. The second kappa shape index (κ2) is 48.8. The monoisotopic (exact) mass is 1010 g/mol. The van der Waals surface area contributed by atoms with Crippen LogP contribution < -0.4 is 5.32 Å². The van der Waals surface area contributed by atoms with Gasteiger partial charge in [0.15, 0.2) is 12.4 Å². The Bertz CT molecular complexity index is 1290. The largest absolute Gasteiger partial charge is 0.454 e. The number of carbonyl (C=O) groups is 2. The lowest BCUT2D eigenvalue weighted by molar-refractivity contribution is -0.305. The minimum absolute atomic E-state index is 0.114. The summed E-state index contributed by atoms with van der Waals surface area (Å²) in [4.78, 5) is 26.4. The van der Waals surface area contributed by atoms with Crippen LogP contribution in [-0.2, 0) is 23.8 Å². The van der Waals surface area contributed by atoms with Crippen LogP contribution in [0.4, 0.5) is 0 Å². The summed E-state index contributed by atoms with van der Waals surface area (Å²) in [6, 6.07) is -1.02. The summed E-state index contributed by atoms with van der Waals surface area (Å²) in [6.45, 7) is 5.73. The fraction of sp³-hybridized carbons (Fsp3) is 0.867. The van der Waals surface area contributed by atoms with Gasteiger partial charge < -0.3 is 45.1 Å². The summed E-state index contributed by atoms with van der Waals surface area (Å²) < 4.78 is 17.5. The third-order valence-corrected chi connectivity index (χ3v) is 14.0. The number of carbonyl (C=O) groups excluding carboxylic acids is 2. The van der Waals surface area contributed by atoms with Gasteiger partial charge in [-0.1, -0.05) is 231 Å². The molecule has 1 aliphatic heterocycles. The van der Waals surface area contributed by atoms with Gasteiger partial charge >= 0.3 is 5.97 Å². The lowest BCUT2D eigenvalue weighted by atomic mass is 9.99. The van der Waals surface area contributed by atoms with E-state index in [1.165, 1.54) is 148 Å². The number of hydrogen-bond acceptors (Lipinski definition) is 10. The quantitative estimate of drug-likeness (QED) is 0.0195. The van der Waals surface area contributed by atoms with E-state index in [2.05, 4.69) is 50.4 Å². The first-order chi connectivity index (χ1) is 34.7. The van der Waals surface area contributed by atoms with Crippen LogP contribution in [-0.4, -0.2) is 99.6 Å². The van der Waals surface area contributed by atoms with Crippen LogP contribution in [0.15, 0.2) is 36.5 Å². The number of amides is 1. The van der Waals surface area contributed by atoms with Crippen molar-refractivity contribution in [2.45, 2.75) is 320 Å². The van der Waals surface area contributed by atoms with E-state index in [1.54, 1.807) is 6.08 Å². The molecule has 0 aliphatic carbocycles. The molecular weight excluding hydrogens is 895 g/mol. The van der Waals surface area contributed by atoms with Crippen molar-refractivity contribution in [3.63, 3.8) is 0 Å². The molecule has 11 heteroatoms. The predicted octanol–water partition coefficient (Wildman–Crippen LogP) is 13.5. The SMILES string of the molecule is CCCC/C=C\CCCCCCCC(=O)OC1C(OCC(NC(=O)C(O)CCCCCCCCCCCC/C=C/CCCCCCCC)C(O)/C=C/CCCCCCCCCCC)OC(CO)C(O)C1O. The van der Waals surface area contributed by atoms with E-state index in [0.717, 1.165) is 77.0 Å². The second-order valence-electron chi connectivity index (χ2n) is 20.7. The number of rotatable bonds is 50. The van der Waals surface area contributed by atoms with E-state index >= 15 is 0 Å². The van der Waals surface area contributed by atoms with E-state index in [-0.39, 0.29) is 13.0 Å². The molecule has 0 aromatic rings. The molecule has 1 rings (SSSR count). The molecule has 11 nitrogen and oxygen atoms in total. The van der Waals surface area contributed by atoms with Gasteiger partial charge in [0, 0.05) is 6.42 Å². The topological polar surface area (TPSA) is 175 Å². The van der Waals surface area contributed by atoms with Crippen molar-refractivity contribution in [3.8, 4) is 0 Å². The number of allylic oxidation sites excluding steroid dienone is 5. The summed E-state index contributed by atoms with van der Waals surface area (Å²) in [5.41, 5.74) is 0. The molecule has 6 N–H and O–H groups in total. The molecular formula is C60H111NO10. The molecule has 0 aromatic heterocycles. The van der Waals surface area contributed by atoms with Gasteiger partial charge in [0.1, 0.15) is 24.4 Å². The maximum absolute atomic E-state index is 13.4. The van der Waals surface area contributed by atoms with Crippen LogP contribution >= 0.6 is 0 Å². The van der Waals surface area contributed by atoms with Gasteiger partial charge in [0.2, 0.25) is 5.91 Å². The molecule has 0 aromatic carbocycles. The van der Waals surface area contributed by atoms with E-state index in [9.17, 15) is 35.1 Å². The second-order valence-corrected chi connectivity index (χ2v) is 20.7. The van der Waals surface area contributed by atoms with Crippen LogP contribution in [0.2, 0.25) is 0 Å². The highest BCUT2D eigenvalue weighted by atomic mass is 16.7. The first-order valence-corrected chi connectivity index (χ1v) is 29.8. The molecule has 0 spiro atoms. The highest BCUT2D eigenvalue weighted by Gasteiger charge is 2.47. The maximum atomic E-state index is 13.4. The summed E-state index contributed by atoms with van der Waals surface area (Å²) >= 11 is 0. The molecule has 1 amide bonds. The van der Waals surface area contributed by atoms with Crippen LogP contribution in [0.1, 0.15) is 271 Å². The Morgan fingerprint density at radius 1 is 0.535 bits per heavy atom. The highest BCUT2D eigenvalue weighted by molar-refractivity contribution is 5.80. The normalized spacial score (nSPS) is 19.8. The number of unbranched alkanes of at least 4 members (excludes halogenated alkanes) is 32. The number of ether oxygens (including phenoxy) is 3. The lowest BCUT2D eigenvalue weighted by Gasteiger charge is -2.41. The standard InChI is InChI=1S/C60H111NO10/c1-4-7-10-13-16-19-22-23-24-25-26-27-28-29-30-33-35-38-41-44-47-53(64)59(68)61-51(52(63)46-43-40-37-34-31-20-17-14-11-8-5-2)50-69-60-58(57(67)56(66)54(49-62)70-60)71-55(65)48-45-42-39-36-32-21-18-15-12-9-6-3/h15,18,23-24,43,46,51-54,56-58,60,62-64,66-67H,4-14,16-17,19-22,25-42,44-45,47-50H2,1-3H3,(H,61,68)/b18-15-,24-23+,46-43+. The van der Waals surface area contributed by atoms with Crippen LogP contribution in [0, 0.1) is 0 Å². The average molecular weight is 1010 g/mol. The van der Waals surface area contributed by atoms with E-state index in [0.29, 0.717) is 19.3 Å². The molecule has 1 aliphatic rings. The Labute approximate surface area is 434 Å². The average Bonchev–Trinajstić information content (AvgIpc) is 3.37. The smallest absolute Gasteiger partial charge is 0.306 e. The Kier molecular flexibility index (Phi) is 46.0. The summed E-state index contributed by atoms with van der Waals surface area (Å²) in [5, 5.41) is 56.8. The Morgan fingerprint density at radius 2 is 0.944 bits per heavy atom. The van der Waals surface area contributed by atoms with Gasteiger partial charge in [-0.15, -0.1) is 0 Å². The number of esters is 1. The third kappa shape index (κ3) is 37.3. The van der Waals surface area contributed by atoms with E-state index in [4.69, 9.17) is 14.2 Å². The van der Waals surface area contributed by atoms with Gasteiger partial charge in [-0.3, -0.25) is 9.59 Å². The van der Waals surface area contributed by atoms with Gasteiger partial charge in [0.25, 0.3) is 0 Å². The van der Waals surface area contributed by atoms with Crippen molar-refractivity contribution >= 4 is 11.9 Å². The zero-order chi connectivity index (χ0) is 51.8. The van der Waals surface area contributed by atoms with Gasteiger partial charge in [0.05, 0.1) is 25.4 Å². The van der Waals surface area contributed by atoms with Crippen molar-refractivity contribution in [2.75, 3.05) is 13.2 Å². The van der Waals surface area contributed by atoms with Crippen molar-refractivity contribution in [3.05, 3.63) is 36.5 Å². The first-order valence-electron chi connectivity index (χ1n) is 29.8. The summed E-state index contributed by atoms with van der Waals surface area (Å²) in [5.74, 6) is -1.20. The minimum atomic E-state index is -1.61. The highest BCUT2D eigenvalue weighted by Crippen LogP contribution is 2.26. The van der Waals surface area contributed by atoms with Gasteiger partial charge in [-0.2, -0.15) is 0 Å². The first kappa shape index (κ1) is 66.9. The molecule has 1 fully saturated rings. The zero-order valence-electron chi connectivity index (χ0n) is 45.9. The Balaban J connectivity index is 2.66. The third-order valence-electron chi connectivity index (χ3n) is 14.0. The van der Waals surface area contributed by atoms with Crippen molar-refractivity contribution < 1.29 is 49.3 Å². The number of hydrogen-bond donors (Lipinski definition) is 6. The van der Waals surface area contributed by atoms with Gasteiger partial charge in [-0.25, -0.2) is 0 Å². The minimum Gasteiger partial charge on any atom is -0.454 e. The lowest BCUT2D eigenvalue weighted by Crippen LogP contribution is -2.61. The van der Waals surface area contributed by atoms with Crippen LogP contribution in [0.5, 0.6) is 0 Å². The maximum Gasteiger partial charge on any atom is 0.306 e. The zero-order valence-corrected chi connectivity index (χ0v) is 45.9. The number of aliphatic hydroxyl groups is 5. The summed E-state index contributed by atoms with van der Waals surface area (Å²) in [7, 11) is 0. The molecule has 8 atom stereocenters. The Hall–Kier alpha value is -2.12. The fourth-order valence-corrected chi connectivity index (χ4v) is 9.22. The predicted molar refractivity (Wildman–Crippen MR) is 292 cm³/mol. The molecule has 1 heterocycles. The van der Waals surface area contributed by atoms with E-state index in [1.807, 2.05) is 6.08 Å². The Morgan fingerprint density at radius 3 is 1.41 bits per heavy atom. The number of aliphatic hydroxyl groups excluding tert-OH is 5. The molecule has 0 saturated carbocycles.